The van der Waals surface area contributed by atoms with E-state index in [9.17, 15) is 4.79 Å². The molecule has 0 saturated heterocycles. The van der Waals surface area contributed by atoms with E-state index < -0.39 is 0 Å². The first kappa shape index (κ1) is 17.6. The number of benzene rings is 1. The summed E-state index contributed by atoms with van der Waals surface area (Å²) < 4.78 is 1.75. The Morgan fingerprint density at radius 1 is 1.13 bits per heavy atom. The Kier molecular flexibility index (Phi) is 4.04. The quantitative estimate of drug-likeness (QED) is 0.452. The van der Waals surface area contributed by atoms with Gasteiger partial charge < -0.3 is 9.88 Å². The van der Waals surface area contributed by atoms with Crippen molar-refractivity contribution in [2.45, 2.75) is 0 Å². The van der Waals surface area contributed by atoms with Crippen LogP contribution in [-0.2, 0) is 0 Å². The Labute approximate surface area is 172 Å². The maximum atomic E-state index is 13.1. The monoisotopic (exact) mass is 392 g/mol. The Balaban J connectivity index is 1.53. The number of amides is 1. The summed E-state index contributed by atoms with van der Waals surface area (Å²) in [6.07, 6.45) is 7.22. The van der Waals surface area contributed by atoms with Gasteiger partial charge >= 0.3 is 0 Å². The van der Waals surface area contributed by atoms with Gasteiger partial charge in [0.25, 0.3) is 5.91 Å². The fraction of sp³-hybridized carbons (Fsp3) is 0.0435. The van der Waals surface area contributed by atoms with Gasteiger partial charge in [0.1, 0.15) is 5.65 Å². The van der Waals surface area contributed by atoms with E-state index in [1.165, 1.54) is 0 Å². The van der Waals surface area contributed by atoms with Crippen LogP contribution in [0.5, 0.6) is 0 Å². The van der Waals surface area contributed by atoms with Gasteiger partial charge in [-0.15, -0.1) is 0 Å². The van der Waals surface area contributed by atoms with Crippen molar-refractivity contribution in [2.75, 3.05) is 11.9 Å². The van der Waals surface area contributed by atoms with Gasteiger partial charge in [-0.2, -0.15) is 5.10 Å². The Morgan fingerprint density at radius 2 is 1.97 bits per heavy atom. The molecule has 0 fully saturated rings. The Hall–Kier alpha value is -4.44. The van der Waals surface area contributed by atoms with Crippen LogP contribution in [0.15, 0.2) is 73.3 Å². The second-order valence-corrected chi connectivity index (χ2v) is 6.94. The molecule has 5 rings (SSSR count). The van der Waals surface area contributed by atoms with Crippen molar-refractivity contribution in [2.24, 2.45) is 0 Å². The highest BCUT2D eigenvalue weighted by Gasteiger charge is 2.16. The molecule has 1 amide bonds. The molecule has 144 valence electrons. The van der Waals surface area contributed by atoms with Gasteiger partial charge in [-0.3, -0.25) is 4.79 Å². The van der Waals surface area contributed by atoms with Crippen molar-refractivity contribution in [1.29, 1.82) is 0 Å². The van der Waals surface area contributed by atoms with Crippen molar-refractivity contribution in [3.8, 4) is 11.1 Å². The van der Waals surface area contributed by atoms with Crippen LogP contribution in [0.3, 0.4) is 0 Å². The van der Waals surface area contributed by atoms with Gasteiger partial charge in [-0.1, -0.05) is 12.1 Å². The zero-order chi connectivity index (χ0) is 20.7. The largest absolute Gasteiger partial charge is 0.346 e. The Bertz CT molecular complexity index is 1440. The number of hydrogen-bond donors (Lipinski definition) is 1. The van der Waals surface area contributed by atoms with E-state index in [4.69, 9.17) is 6.57 Å². The van der Waals surface area contributed by atoms with Crippen LogP contribution in [0.4, 0.5) is 11.4 Å². The van der Waals surface area contributed by atoms with Crippen LogP contribution >= 0.6 is 0 Å². The number of carbonyl (C=O) groups is 1. The highest BCUT2D eigenvalue weighted by molar-refractivity contribution is 6.07. The number of aromatic amines is 1. The summed E-state index contributed by atoms with van der Waals surface area (Å²) in [4.78, 5) is 25.6. The lowest BCUT2D eigenvalue weighted by Crippen LogP contribution is -2.26. The minimum Gasteiger partial charge on any atom is -0.346 e. The zero-order valence-electron chi connectivity index (χ0n) is 16.1. The average Bonchev–Trinajstić information content (AvgIpc) is 3.44. The molecule has 0 aliphatic heterocycles. The van der Waals surface area contributed by atoms with E-state index in [0.717, 1.165) is 33.4 Å². The second-order valence-electron chi connectivity index (χ2n) is 6.94. The summed E-state index contributed by atoms with van der Waals surface area (Å²) in [6.45, 7) is 7.06. The number of nitrogens with zero attached hydrogens (tertiary/aromatic N) is 5. The zero-order valence-corrected chi connectivity index (χ0v) is 16.1. The van der Waals surface area contributed by atoms with Crippen molar-refractivity contribution in [1.82, 2.24) is 19.6 Å². The standard InChI is InChI=1S/C23H16N6O/c1-24-18-3-5-19(6-4-18)28(2)23(30)16-8-10-29-21(12-16)20(14-27-29)17-11-15-7-9-25-22(15)26-13-17/h3-14H,2H3,(H,25,26). The topological polar surface area (TPSA) is 70.7 Å². The molecule has 1 aromatic carbocycles. The molecule has 0 aliphatic carbocycles. The molecular formula is C23H16N6O. The van der Waals surface area contributed by atoms with E-state index in [1.807, 2.05) is 18.3 Å². The van der Waals surface area contributed by atoms with Gasteiger partial charge in [0.2, 0.25) is 0 Å². The van der Waals surface area contributed by atoms with Gasteiger partial charge in [-0.25, -0.2) is 14.3 Å². The molecule has 7 nitrogen and oxygen atoms in total. The third-order valence-corrected chi connectivity index (χ3v) is 5.15. The molecule has 4 heterocycles. The molecule has 5 aromatic rings. The number of nitrogens with one attached hydrogen (secondary N) is 1. The fourth-order valence-corrected chi connectivity index (χ4v) is 3.48. The molecule has 0 bridgehead atoms. The van der Waals surface area contributed by atoms with Crippen LogP contribution in [-0.4, -0.2) is 32.5 Å². The van der Waals surface area contributed by atoms with E-state index >= 15 is 0 Å². The molecule has 0 saturated carbocycles. The van der Waals surface area contributed by atoms with E-state index in [1.54, 1.807) is 65.4 Å². The molecule has 7 heteroatoms. The van der Waals surface area contributed by atoms with Crippen LogP contribution in [0.1, 0.15) is 10.4 Å². The SMILES string of the molecule is [C-]#[N+]c1ccc(N(C)C(=O)c2ccn3ncc(-c4cnc5[nH]ccc5c4)c3c2)cc1. The van der Waals surface area contributed by atoms with Crippen LogP contribution in [0.25, 0.3) is 32.5 Å². The number of aromatic nitrogens is 4. The average molecular weight is 392 g/mol. The third kappa shape index (κ3) is 2.88. The number of anilines is 1. The van der Waals surface area contributed by atoms with Crippen LogP contribution in [0.2, 0.25) is 0 Å². The summed E-state index contributed by atoms with van der Waals surface area (Å²) in [6, 6.07) is 14.6. The lowest BCUT2D eigenvalue weighted by Gasteiger charge is -2.17. The van der Waals surface area contributed by atoms with Crippen LogP contribution < -0.4 is 4.90 Å². The van der Waals surface area contributed by atoms with Gasteiger partial charge in [-0.05, 0) is 36.4 Å². The first-order valence-corrected chi connectivity index (χ1v) is 9.30. The molecular weight excluding hydrogens is 376 g/mol. The first-order valence-electron chi connectivity index (χ1n) is 9.30. The van der Waals surface area contributed by atoms with Gasteiger partial charge in [0, 0.05) is 53.4 Å². The highest BCUT2D eigenvalue weighted by Crippen LogP contribution is 2.28. The predicted octanol–water partition coefficient (Wildman–Crippen LogP) is 4.70. The summed E-state index contributed by atoms with van der Waals surface area (Å²) in [7, 11) is 1.72. The number of pyridine rings is 2. The number of H-pyrrole nitrogens is 1. The minimum absolute atomic E-state index is 0.139. The fourth-order valence-electron chi connectivity index (χ4n) is 3.48. The van der Waals surface area contributed by atoms with Crippen molar-refractivity contribution < 1.29 is 4.79 Å². The molecule has 4 aromatic heterocycles. The Morgan fingerprint density at radius 3 is 2.77 bits per heavy atom. The minimum atomic E-state index is -0.139. The number of rotatable bonds is 3. The molecule has 1 N–H and O–H groups in total. The molecule has 0 unspecified atom stereocenters. The lowest BCUT2D eigenvalue weighted by molar-refractivity contribution is 0.0993. The van der Waals surface area contributed by atoms with E-state index in [2.05, 4.69) is 26.0 Å². The van der Waals surface area contributed by atoms with Gasteiger partial charge in [0.15, 0.2) is 5.69 Å². The summed E-state index contributed by atoms with van der Waals surface area (Å²) in [5.41, 5.74) is 5.32. The number of hydrogen-bond acceptors (Lipinski definition) is 3. The second kappa shape index (κ2) is 6.87. The molecule has 0 spiro atoms. The maximum Gasteiger partial charge on any atom is 0.258 e. The number of carbonyl (C=O) groups excluding carboxylic acids is 1. The summed E-state index contributed by atoms with van der Waals surface area (Å²) >= 11 is 0. The van der Waals surface area contributed by atoms with Gasteiger partial charge in [0.05, 0.1) is 18.3 Å². The summed E-state index contributed by atoms with van der Waals surface area (Å²) in [5.74, 6) is -0.139. The third-order valence-electron chi connectivity index (χ3n) is 5.15. The van der Waals surface area contributed by atoms with Crippen molar-refractivity contribution >= 4 is 33.8 Å². The molecule has 30 heavy (non-hydrogen) atoms. The highest BCUT2D eigenvalue weighted by atomic mass is 16.2. The lowest BCUT2D eigenvalue weighted by atomic mass is 10.1. The van der Waals surface area contributed by atoms with E-state index in [0.29, 0.717) is 11.3 Å². The normalized spacial score (nSPS) is 10.9. The van der Waals surface area contributed by atoms with E-state index in [-0.39, 0.29) is 5.91 Å². The molecule has 0 atom stereocenters. The summed E-state index contributed by atoms with van der Waals surface area (Å²) in [5, 5.41) is 5.43. The molecule has 0 aliphatic rings. The van der Waals surface area contributed by atoms with Crippen molar-refractivity contribution in [3.63, 3.8) is 0 Å². The first-order chi connectivity index (χ1) is 14.6. The van der Waals surface area contributed by atoms with Crippen molar-refractivity contribution in [3.05, 3.63) is 90.3 Å². The van der Waals surface area contributed by atoms with Crippen LogP contribution in [0, 0.1) is 6.57 Å². The number of fused-ring (bicyclic) bond motifs is 2. The maximum absolute atomic E-state index is 13.1. The smallest absolute Gasteiger partial charge is 0.258 e. The predicted molar refractivity (Wildman–Crippen MR) is 116 cm³/mol. The molecule has 0 radical (unpaired) electrons.